The van der Waals surface area contributed by atoms with E-state index in [9.17, 15) is 9.59 Å². The number of carbonyl (C=O) groups is 2. The van der Waals surface area contributed by atoms with Crippen molar-refractivity contribution in [1.82, 2.24) is 10.2 Å². The van der Waals surface area contributed by atoms with Crippen molar-refractivity contribution < 1.29 is 9.59 Å². The molecule has 2 bridgehead atoms. The van der Waals surface area contributed by atoms with Gasteiger partial charge in [0.2, 0.25) is 5.91 Å². The number of nitrogens with zero attached hydrogens (tertiary/aromatic N) is 1. The molecule has 2 saturated heterocycles. The summed E-state index contributed by atoms with van der Waals surface area (Å²) in [6.07, 6.45) is 1.19. The second-order valence-electron chi connectivity index (χ2n) is 6.90. The molecule has 0 saturated carbocycles. The molecule has 0 aromatic heterocycles. The lowest BCUT2D eigenvalue weighted by molar-refractivity contribution is 0.0923. The van der Waals surface area contributed by atoms with Crippen molar-refractivity contribution in [3.63, 3.8) is 0 Å². The van der Waals surface area contributed by atoms with Crippen molar-refractivity contribution in [2.24, 2.45) is 11.7 Å². The van der Waals surface area contributed by atoms with Gasteiger partial charge in [-0.3, -0.25) is 9.59 Å². The predicted molar refractivity (Wildman–Crippen MR) is 101 cm³/mol. The number of fused-ring (bicyclic) bond motifs is 2. The fourth-order valence-electron chi connectivity index (χ4n) is 3.70. The Morgan fingerprint density at radius 3 is 2.08 bits per heavy atom. The standard InChI is InChI=1S/C20H21N3O2S/c21-19(24)13-1-5-16(6-2-13)26-17-7-3-14(4-8-17)20(25)22-18-12-23-10-9-15(18)11-23/h1-8,15,18H,9-12H2,(H2,21,24)(H,22,25). The molecule has 0 aliphatic carbocycles. The quantitative estimate of drug-likeness (QED) is 0.851. The molecule has 6 heteroatoms. The molecular formula is C20H21N3O2S. The summed E-state index contributed by atoms with van der Waals surface area (Å²) < 4.78 is 0. The maximum absolute atomic E-state index is 12.5. The largest absolute Gasteiger partial charge is 0.366 e. The van der Waals surface area contributed by atoms with E-state index in [4.69, 9.17) is 5.73 Å². The van der Waals surface area contributed by atoms with E-state index in [2.05, 4.69) is 10.2 Å². The molecule has 4 rings (SSSR count). The molecule has 2 aliphatic rings. The molecule has 2 fully saturated rings. The van der Waals surface area contributed by atoms with Gasteiger partial charge in [-0.05, 0) is 67.4 Å². The highest BCUT2D eigenvalue weighted by Gasteiger charge is 2.38. The first-order chi connectivity index (χ1) is 12.6. The van der Waals surface area contributed by atoms with Crippen LogP contribution in [0.25, 0.3) is 0 Å². The van der Waals surface area contributed by atoms with Crippen molar-refractivity contribution >= 4 is 23.6 Å². The number of hydrogen-bond donors (Lipinski definition) is 2. The van der Waals surface area contributed by atoms with Crippen LogP contribution >= 0.6 is 11.8 Å². The average molecular weight is 367 g/mol. The highest BCUT2D eigenvalue weighted by Crippen LogP contribution is 2.29. The van der Waals surface area contributed by atoms with Crippen molar-refractivity contribution in [3.05, 3.63) is 59.7 Å². The molecule has 2 aliphatic heterocycles. The minimum atomic E-state index is -0.427. The fourth-order valence-corrected chi connectivity index (χ4v) is 4.51. The molecular weight excluding hydrogens is 346 g/mol. The summed E-state index contributed by atoms with van der Waals surface area (Å²) >= 11 is 1.58. The van der Waals surface area contributed by atoms with E-state index in [-0.39, 0.29) is 11.9 Å². The zero-order chi connectivity index (χ0) is 18.1. The normalized spacial score (nSPS) is 23.8. The Morgan fingerprint density at radius 1 is 0.962 bits per heavy atom. The number of nitrogens with two attached hydrogens (primary N) is 1. The summed E-state index contributed by atoms with van der Waals surface area (Å²) in [7, 11) is 0. The van der Waals surface area contributed by atoms with Gasteiger partial charge in [0.05, 0.1) is 0 Å². The van der Waals surface area contributed by atoms with Crippen LogP contribution in [0.1, 0.15) is 27.1 Å². The summed E-state index contributed by atoms with van der Waals surface area (Å²) in [5, 5.41) is 3.18. The SMILES string of the molecule is NC(=O)c1ccc(Sc2ccc(C(=O)NC3CN4CCC3C4)cc2)cc1. The molecule has 134 valence electrons. The molecule has 3 N–H and O–H groups in total. The van der Waals surface area contributed by atoms with Gasteiger partial charge >= 0.3 is 0 Å². The van der Waals surface area contributed by atoms with Crippen molar-refractivity contribution in [2.75, 3.05) is 19.6 Å². The van der Waals surface area contributed by atoms with Gasteiger partial charge < -0.3 is 16.0 Å². The summed E-state index contributed by atoms with van der Waals surface area (Å²) in [5.74, 6) is 0.187. The summed E-state index contributed by atoms with van der Waals surface area (Å²) in [5.41, 5.74) is 6.44. The smallest absolute Gasteiger partial charge is 0.251 e. The first-order valence-corrected chi connectivity index (χ1v) is 9.61. The number of primary amides is 1. The first-order valence-electron chi connectivity index (χ1n) is 8.79. The number of benzene rings is 2. The Balaban J connectivity index is 1.37. The van der Waals surface area contributed by atoms with Gasteiger partial charge in [-0.15, -0.1) is 0 Å². The fraction of sp³-hybridized carbons (Fsp3) is 0.300. The van der Waals surface area contributed by atoms with Gasteiger partial charge in [0.15, 0.2) is 0 Å². The maximum atomic E-state index is 12.5. The van der Waals surface area contributed by atoms with Crippen LogP contribution in [0.15, 0.2) is 58.3 Å². The number of carbonyl (C=O) groups excluding carboxylic acids is 2. The van der Waals surface area contributed by atoms with E-state index in [0.717, 1.165) is 22.9 Å². The lowest BCUT2D eigenvalue weighted by atomic mass is 9.99. The van der Waals surface area contributed by atoms with E-state index in [0.29, 0.717) is 17.0 Å². The molecule has 5 nitrogen and oxygen atoms in total. The second kappa shape index (κ2) is 7.13. The zero-order valence-electron chi connectivity index (χ0n) is 14.4. The second-order valence-corrected chi connectivity index (χ2v) is 8.05. The Hall–Kier alpha value is -2.31. The van der Waals surface area contributed by atoms with Gasteiger partial charge in [-0.2, -0.15) is 0 Å². The predicted octanol–water partition coefficient (Wildman–Crippen LogP) is 2.37. The van der Waals surface area contributed by atoms with Crippen LogP contribution in [0, 0.1) is 5.92 Å². The Labute approximate surface area is 156 Å². The van der Waals surface area contributed by atoms with Gasteiger partial charge in [0.25, 0.3) is 5.91 Å². The van der Waals surface area contributed by atoms with Gasteiger partial charge in [-0.1, -0.05) is 11.8 Å². The molecule has 2 amide bonds. The highest BCUT2D eigenvalue weighted by molar-refractivity contribution is 7.99. The molecule has 0 radical (unpaired) electrons. The van der Waals surface area contributed by atoms with Crippen molar-refractivity contribution in [3.8, 4) is 0 Å². The van der Waals surface area contributed by atoms with E-state index in [1.54, 1.807) is 23.9 Å². The number of rotatable bonds is 5. The van der Waals surface area contributed by atoms with E-state index >= 15 is 0 Å². The van der Waals surface area contributed by atoms with Crippen LogP contribution < -0.4 is 11.1 Å². The zero-order valence-corrected chi connectivity index (χ0v) is 15.2. The molecule has 0 spiro atoms. The third kappa shape index (κ3) is 3.61. The summed E-state index contributed by atoms with van der Waals surface area (Å²) in [4.78, 5) is 28.1. The molecule has 3 atom stereocenters. The van der Waals surface area contributed by atoms with Crippen LogP contribution in [0.5, 0.6) is 0 Å². The van der Waals surface area contributed by atoms with Crippen LogP contribution in [0.4, 0.5) is 0 Å². The summed E-state index contributed by atoms with van der Waals surface area (Å²) in [6.45, 7) is 3.27. The monoisotopic (exact) mass is 367 g/mol. The van der Waals surface area contributed by atoms with E-state index in [1.165, 1.54) is 13.0 Å². The maximum Gasteiger partial charge on any atom is 0.251 e. The number of amides is 2. The first kappa shape index (κ1) is 17.1. The number of hydrogen-bond acceptors (Lipinski definition) is 4. The lowest BCUT2D eigenvalue weighted by Gasteiger charge is -2.23. The Morgan fingerprint density at radius 2 is 1.58 bits per heavy atom. The molecule has 3 unspecified atom stereocenters. The number of piperidine rings is 1. The average Bonchev–Trinajstić information content (AvgIpc) is 3.26. The molecule has 2 aromatic carbocycles. The van der Waals surface area contributed by atoms with Crippen LogP contribution in [-0.2, 0) is 0 Å². The molecule has 26 heavy (non-hydrogen) atoms. The van der Waals surface area contributed by atoms with Crippen molar-refractivity contribution in [1.29, 1.82) is 0 Å². The third-order valence-corrected chi connectivity index (χ3v) is 6.16. The molecule has 2 heterocycles. The minimum Gasteiger partial charge on any atom is -0.366 e. The van der Waals surface area contributed by atoms with E-state index in [1.807, 2.05) is 36.4 Å². The minimum absolute atomic E-state index is 0.00566. The van der Waals surface area contributed by atoms with Crippen molar-refractivity contribution in [2.45, 2.75) is 22.3 Å². The summed E-state index contributed by atoms with van der Waals surface area (Å²) in [6, 6.07) is 15.1. The van der Waals surface area contributed by atoms with E-state index < -0.39 is 5.91 Å². The Bertz CT molecular complexity index is 820. The van der Waals surface area contributed by atoms with Gasteiger partial charge in [-0.25, -0.2) is 0 Å². The molecule has 2 aromatic rings. The van der Waals surface area contributed by atoms with Gasteiger partial charge in [0.1, 0.15) is 0 Å². The van der Waals surface area contributed by atoms with Crippen LogP contribution in [0.2, 0.25) is 0 Å². The topological polar surface area (TPSA) is 75.4 Å². The Kier molecular flexibility index (Phi) is 4.70. The van der Waals surface area contributed by atoms with Crippen LogP contribution in [-0.4, -0.2) is 42.4 Å². The van der Waals surface area contributed by atoms with Gasteiger partial charge in [0, 0.05) is 40.0 Å². The number of nitrogens with one attached hydrogen (secondary N) is 1. The van der Waals surface area contributed by atoms with Crippen LogP contribution in [0.3, 0.4) is 0 Å². The highest BCUT2D eigenvalue weighted by atomic mass is 32.2. The lowest BCUT2D eigenvalue weighted by Crippen LogP contribution is -2.43. The third-order valence-electron chi connectivity index (χ3n) is 5.14.